The van der Waals surface area contributed by atoms with Crippen LogP contribution < -0.4 is 5.43 Å². The zero-order valence-corrected chi connectivity index (χ0v) is 17.3. The van der Waals surface area contributed by atoms with E-state index in [0.29, 0.717) is 10.6 Å². The summed E-state index contributed by atoms with van der Waals surface area (Å²) in [5.41, 5.74) is 7.49. The molecule has 0 fully saturated rings. The zero-order chi connectivity index (χ0) is 20.7. The van der Waals surface area contributed by atoms with Crippen molar-refractivity contribution in [3.63, 3.8) is 0 Å². The minimum Gasteiger partial charge on any atom is -0.392 e. The van der Waals surface area contributed by atoms with Gasteiger partial charge in [0, 0.05) is 18.0 Å². The number of pyridine rings is 1. The first-order valence-electron chi connectivity index (χ1n) is 8.69. The molecule has 7 heteroatoms. The molecule has 0 unspecified atom stereocenters. The van der Waals surface area contributed by atoms with Crippen LogP contribution >= 0.6 is 11.3 Å². The molecular weight excluding hydrogens is 372 g/mol. The number of hydrogen-bond acceptors (Lipinski definition) is 6. The van der Waals surface area contributed by atoms with Gasteiger partial charge in [-0.1, -0.05) is 24.3 Å². The van der Waals surface area contributed by atoms with E-state index in [9.17, 15) is 9.90 Å². The largest absolute Gasteiger partial charge is 0.392 e. The number of aryl methyl sites for hydroxylation is 2. The Morgan fingerprint density at radius 2 is 2.11 bits per heavy atom. The van der Waals surface area contributed by atoms with E-state index in [1.165, 1.54) is 17.6 Å². The van der Waals surface area contributed by atoms with E-state index in [1.54, 1.807) is 32.3 Å². The third kappa shape index (κ3) is 5.80. The molecule has 1 amide bonds. The van der Waals surface area contributed by atoms with Crippen molar-refractivity contribution in [2.75, 3.05) is 6.61 Å². The Kier molecular flexibility index (Phi) is 7.54. The summed E-state index contributed by atoms with van der Waals surface area (Å²) in [6.45, 7) is 11.2. The first-order valence-corrected chi connectivity index (χ1v) is 9.50. The fourth-order valence-corrected chi connectivity index (χ4v) is 3.39. The van der Waals surface area contributed by atoms with Gasteiger partial charge in [0.1, 0.15) is 9.88 Å². The minimum atomic E-state index is -0.323. The number of carbonyl (C=O) groups excluding carboxylic acids is 1. The minimum absolute atomic E-state index is 0.0513. The molecule has 0 atom stereocenters. The molecule has 2 N–H and O–H groups in total. The SMILES string of the molecule is C=C(C)/C=C(\C=C(\C)CO)/C=N/NC(=O)c1sc(-c2cnccc2C)nc1C. The summed E-state index contributed by atoms with van der Waals surface area (Å²) in [6, 6.07) is 1.91. The average molecular weight is 397 g/mol. The summed E-state index contributed by atoms with van der Waals surface area (Å²) in [4.78, 5) is 21.7. The number of aliphatic hydroxyl groups excluding tert-OH is 1. The molecule has 2 heterocycles. The highest BCUT2D eigenvalue weighted by Crippen LogP contribution is 2.29. The normalized spacial score (nSPS) is 12.5. The quantitative estimate of drug-likeness (QED) is 0.421. The number of aromatic nitrogens is 2. The molecule has 0 radical (unpaired) electrons. The van der Waals surface area contributed by atoms with E-state index in [2.05, 4.69) is 27.1 Å². The van der Waals surface area contributed by atoms with Crippen molar-refractivity contribution in [3.05, 3.63) is 70.0 Å². The number of thiazole rings is 1. The van der Waals surface area contributed by atoms with Crippen LogP contribution in [0.4, 0.5) is 0 Å². The first-order chi connectivity index (χ1) is 13.3. The predicted molar refractivity (Wildman–Crippen MR) is 115 cm³/mol. The topological polar surface area (TPSA) is 87.5 Å². The summed E-state index contributed by atoms with van der Waals surface area (Å²) < 4.78 is 0. The lowest BCUT2D eigenvalue weighted by Crippen LogP contribution is -2.17. The van der Waals surface area contributed by atoms with E-state index in [1.807, 2.05) is 26.0 Å². The number of hydrogen-bond donors (Lipinski definition) is 2. The number of aliphatic hydroxyl groups is 1. The maximum absolute atomic E-state index is 12.5. The summed E-state index contributed by atoms with van der Waals surface area (Å²) >= 11 is 1.31. The Hall–Kier alpha value is -2.90. The number of amides is 1. The first kappa shape index (κ1) is 21.4. The maximum Gasteiger partial charge on any atom is 0.283 e. The molecule has 2 aromatic rings. The molecular formula is C21H24N4O2S. The highest BCUT2D eigenvalue weighted by Gasteiger charge is 2.16. The van der Waals surface area contributed by atoms with Crippen molar-refractivity contribution in [2.45, 2.75) is 27.7 Å². The third-order valence-corrected chi connectivity index (χ3v) is 4.92. The number of hydrazone groups is 1. The fourth-order valence-electron chi connectivity index (χ4n) is 2.36. The van der Waals surface area contributed by atoms with Crippen molar-refractivity contribution in [3.8, 4) is 10.6 Å². The van der Waals surface area contributed by atoms with Crippen LogP contribution in [-0.4, -0.2) is 33.8 Å². The van der Waals surface area contributed by atoms with Crippen LogP contribution in [0.1, 0.15) is 34.8 Å². The third-order valence-electron chi connectivity index (χ3n) is 3.73. The highest BCUT2D eigenvalue weighted by molar-refractivity contribution is 7.17. The second-order valence-corrected chi connectivity index (χ2v) is 7.46. The smallest absolute Gasteiger partial charge is 0.283 e. The van der Waals surface area contributed by atoms with Gasteiger partial charge in [0.25, 0.3) is 5.91 Å². The second kappa shape index (κ2) is 9.87. The average Bonchev–Trinajstić information content (AvgIpc) is 3.02. The van der Waals surface area contributed by atoms with E-state index < -0.39 is 0 Å². The Labute approximate surface area is 169 Å². The lowest BCUT2D eigenvalue weighted by Gasteiger charge is -2.00. The van der Waals surface area contributed by atoms with Gasteiger partial charge in [-0.2, -0.15) is 5.10 Å². The summed E-state index contributed by atoms with van der Waals surface area (Å²) in [6.07, 6.45) is 8.60. The molecule has 146 valence electrons. The zero-order valence-electron chi connectivity index (χ0n) is 16.5. The number of rotatable bonds is 7. The molecule has 0 bridgehead atoms. The number of allylic oxidation sites excluding steroid dienone is 4. The highest BCUT2D eigenvalue weighted by atomic mass is 32.1. The van der Waals surface area contributed by atoms with E-state index in [-0.39, 0.29) is 12.5 Å². The maximum atomic E-state index is 12.5. The fraction of sp³-hybridized carbons (Fsp3) is 0.238. The molecule has 0 spiro atoms. The molecule has 0 aliphatic rings. The van der Waals surface area contributed by atoms with Crippen LogP contribution in [0.5, 0.6) is 0 Å². The van der Waals surface area contributed by atoms with Gasteiger partial charge in [-0.25, -0.2) is 10.4 Å². The van der Waals surface area contributed by atoms with Gasteiger partial charge in [0.05, 0.1) is 18.5 Å². The molecule has 0 aliphatic heterocycles. The van der Waals surface area contributed by atoms with Crippen molar-refractivity contribution >= 4 is 23.5 Å². The standard InChI is InChI=1S/C21H24N4O2S/c1-13(2)8-17(9-14(3)12-26)10-23-25-20(27)19-16(5)24-21(28-19)18-11-22-7-6-15(18)4/h6-11,26H,1,12H2,2-5H3,(H,25,27)/b14-9-,17-8+,23-10+. The van der Waals surface area contributed by atoms with Crippen LogP contribution in [0.25, 0.3) is 10.6 Å². The predicted octanol–water partition coefficient (Wildman–Crippen LogP) is 3.98. The number of nitrogens with zero attached hydrogens (tertiary/aromatic N) is 3. The van der Waals surface area contributed by atoms with Crippen LogP contribution in [0.3, 0.4) is 0 Å². The molecule has 2 rings (SSSR count). The van der Waals surface area contributed by atoms with Gasteiger partial charge in [-0.3, -0.25) is 9.78 Å². The molecule has 6 nitrogen and oxygen atoms in total. The van der Waals surface area contributed by atoms with E-state index in [0.717, 1.165) is 32.9 Å². The molecule has 0 aromatic carbocycles. The van der Waals surface area contributed by atoms with Gasteiger partial charge >= 0.3 is 0 Å². The molecule has 2 aromatic heterocycles. The van der Waals surface area contributed by atoms with Crippen LogP contribution in [-0.2, 0) is 0 Å². The van der Waals surface area contributed by atoms with E-state index >= 15 is 0 Å². The summed E-state index contributed by atoms with van der Waals surface area (Å²) in [5, 5.41) is 14.0. The Morgan fingerprint density at radius 1 is 1.36 bits per heavy atom. The lowest BCUT2D eigenvalue weighted by molar-refractivity contribution is 0.0958. The summed E-state index contributed by atoms with van der Waals surface area (Å²) in [5.74, 6) is -0.323. The van der Waals surface area contributed by atoms with Crippen LogP contribution in [0.2, 0.25) is 0 Å². The van der Waals surface area contributed by atoms with E-state index in [4.69, 9.17) is 0 Å². The molecule has 0 aliphatic carbocycles. The molecule has 0 saturated heterocycles. The van der Waals surface area contributed by atoms with Gasteiger partial charge in [0.15, 0.2) is 0 Å². The monoisotopic (exact) mass is 396 g/mol. The van der Waals surface area contributed by atoms with Gasteiger partial charge < -0.3 is 5.11 Å². The summed E-state index contributed by atoms with van der Waals surface area (Å²) in [7, 11) is 0. The lowest BCUT2D eigenvalue weighted by atomic mass is 10.1. The van der Waals surface area contributed by atoms with Crippen molar-refractivity contribution in [1.82, 2.24) is 15.4 Å². The Bertz CT molecular complexity index is 971. The number of carbonyl (C=O) groups is 1. The Morgan fingerprint density at radius 3 is 2.75 bits per heavy atom. The second-order valence-electron chi connectivity index (χ2n) is 6.46. The molecule has 28 heavy (non-hydrogen) atoms. The van der Waals surface area contributed by atoms with Crippen molar-refractivity contribution < 1.29 is 9.90 Å². The van der Waals surface area contributed by atoms with Crippen LogP contribution in [0, 0.1) is 13.8 Å². The van der Waals surface area contributed by atoms with Crippen molar-refractivity contribution in [2.24, 2.45) is 5.10 Å². The van der Waals surface area contributed by atoms with Gasteiger partial charge in [0.2, 0.25) is 0 Å². The van der Waals surface area contributed by atoms with Crippen molar-refractivity contribution in [1.29, 1.82) is 0 Å². The van der Waals surface area contributed by atoms with Crippen LogP contribution in [0.15, 0.2) is 59.0 Å². The van der Waals surface area contributed by atoms with Gasteiger partial charge in [-0.15, -0.1) is 11.3 Å². The van der Waals surface area contributed by atoms with Gasteiger partial charge in [-0.05, 0) is 50.5 Å². The number of nitrogens with one attached hydrogen (secondary N) is 1. The molecule has 0 saturated carbocycles. The Balaban J connectivity index is 2.18.